The van der Waals surface area contributed by atoms with Crippen LogP contribution in [-0.2, 0) is 0 Å². The van der Waals surface area contributed by atoms with Gasteiger partial charge >= 0.3 is 0 Å². The molecule has 70 valence electrons. The van der Waals surface area contributed by atoms with Gasteiger partial charge in [0.2, 0.25) is 0 Å². The summed E-state index contributed by atoms with van der Waals surface area (Å²) >= 11 is 0. The first kappa shape index (κ1) is 8.42. The Balaban J connectivity index is 2.42. The highest BCUT2D eigenvalue weighted by molar-refractivity contribution is 5.75. The van der Waals surface area contributed by atoms with Crippen LogP contribution in [0.2, 0.25) is 0 Å². The molecule has 2 rings (SSSR count). The highest BCUT2D eigenvalue weighted by Gasteiger charge is 2.15. The molecule has 2 nitrogen and oxygen atoms in total. The molecule has 0 bridgehead atoms. The van der Waals surface area contributed by atoms with Gasteiger partial charge in [-0.2, -0.15) is 0 Å². The van der Waals surface area contributed by atoms with Crippen LogP contribution in [-0.4, -0.2) is 13.7 Å². The topological polar surface area (TPSA) is 15.3 Å². The van der Waals surface area contributed by atoms with Gasteiger partial charge in [0.05, 0.1) is 18.0 Å². The predicted molar refractivity (Wildman–Crippen MR) is 57.4 cm³/mol. The van der Waals surface area contributed by atoms with E-state index in [0.29, 0.717) is 5.92 Å². The number of fused-ring (bicyclic) bond motifs is 1. The minimum Gasteiger partial charge on any atom is -0.366 e. The summed E-state index contributed by atoms with van der Waals surface area (Å²) in [7, 11) is 2.11. The van der Waals surface area contributed by atoms with Crippen molar-refractivity contribution >= 4 is 11.4 Å². The van der Waals surface area contributed by atoms with Crippen molar-refractivity contribution in [2.75, 3.05) is 23.9 Å². The predicted octanol–water partition coefficient (Wildman–Crippen LogP) is 2.63. The van der Waals surface area contributed by atoms with E-state index in [2.05, 4.69) is 49.3 Å². The van der Waals surface area contributed by atoms with Crippen LogP contribution in [0.1, 0.15) is 25.3 Å². The molecule has 1 aliphatic rings. The van der Waals surface area contributed by atoms with E-state index in [-0.39, 0.29) is 0 Å². The van der Waals surface area contributed by atoms with E-state index in [0.717, 1.165) is 6.67 Å². The third-order valence-electron chi connectivity index (χ3n) is 2.61. The first-order valence-corrected chi connectivity index (χ1v) is 4.77. The van der Waals surface area contributed by atoms with Crippen molar-refractivity contribution in [3.63, 3.8) is 0 Å². The van der Waals surface area contributed by atoms with Crippen LogP contribution in [0.5, 0.6) is 0 Å². The molecule has 1 heterocycles. The minimum atomic E-state index is 0.610. The summed E-state index contributed by atoms with van der Waals surface area (Å²) in [6, 6.07) is 6.66. The number of hydrogen-bond donors (Lipinski definition) is 1. The lowest BCUT2D eigenvalue weighted by atomic mass is 10.0. The largest absolute Gasteiger partial charge is 0.366 e. The third-order valence-corrected chi connectivity index (χ3v) is 2.61. The van der Waals surface area contributed by atoms with E-state index in [4.69, 9.17) is 0 Å². The van der Waals surface area contributed by atoms with Crippen molar-refractivity contribution < 1.29 is 0 Å². The summed E-state index contributed by atoms with van der Waals surface area (Å²) in [6.07, 6.45) is 0. The summed E-state index contributed by atoms with van der Waals surface area (Å²) in [5.74, 6) is 0.610. The molecule has 1 N–H and O–H groups in total. The van der Waals surface area contributed by atoms with Gasteiger partial charge < -0.3 is 10.2 Å². The van der Waals surface area contributed by atoms with Gasteiger partial charge in [0.25, 0.3) is 0 Å². The van der Waals surface area contributed by atoms with Gasteiger partial charge in [-0.05, 0) is 23.6 Å². The molecule has 1 aromatic carbocycles. The van der Waals surface area contributed by atoms with Crippen LogP contribution in [0.25, 0.3) is 0 Å². The Kier molecular flexibility index (Phi) is 1.91. The van der Waals surface area contributed by atoms with Crippen molar-refractivity contribution in [3.05, 3.63) is 23.8 Å². The Bertz CT molecular complexity index is 318. The smallest absolute Gasteiger partial charge is 0.0874 e. The van der Waals surface area contributed by atoms with E-state index >= 15 is 0 Å². The second-order valence-corrected chi connectivity index (χ2v) is 3.96. The normalized spacial score (nSPS) is 14.6. The van der Waals surface area contributed by atoms with Crippen molar-refractivity contribution in [2.24, 2.45) is 0 Å². The molecular weight excluding hydrogens is 160 g/mol. The van der Waals surface area contributed by atoms with Crippen LogP contribution in [0.4, 0.5) is 11.4 Å². The van der Waals surface area contributed by atoms with Gasteiger partial charge in [-0.1, -0.05) is 19.9 Å². The van der Waals surface area contributed by atoms with E-state index in [1.807, 2.05) is 0 Å². The van der Waals surface area contributed by atoms with Gasteiger partial charge in [-0.3, -0.25) is 0 Å². The number of hydrogen-bond acceptors (Lipinski definition) is 2. The zero-order valence-corrected chi connectivity index (χ0v) is 8.46. The molecule has 1 aliphatic heterocycles. The number of nitrogens with zero attached hydrogens (tertiary/aromatic N) is 1. The number of nitrogens with one attached hydrogen (secondary N) is 1. The number of rotatable bonds is 1. The number of anilines is 2. The summed E-state index contributed by atoms with van der Waals surface area (Å²) in [5.41, 5.74) is 3.99. The van der Waals surface area contributed by atoms with Gasteiger partial charge in [-0.25, -0.2) is 0 Å². The first-order valence-electron chi connectivity index (χ1n) is 4.77. The zero-order valence-electron chi connectivity index (χ0n) is 8.46. The molecule has 2 heteroatoms. The zero-order chi connectivity index (χ0) is 9.42. The molecular formula is C11H16N2. The summed E-state index contributed by atoms with van der Waals surface area (Å²) < 4.78 is 0. The number of benzene rings is 1. The molecule has 0 radical (unpaired) electrons. The molecule has 0 spiro atoms. The lowest BCUT2D eigenvalue weighted by molar-refractivity contribution is 0.866. The molecule has 0 fully saturated rings. The van der Waals surface area contributed by atoms with Crippen LogP contribution >= 0.6 is 0 Å². The third kappa shape index (κ3) is 1.37. The average molecular weight is 176 g/mol. The molecule has 0 atom stereocenters. The lowest BCUT2D eigenvalue weighted by Gasteiger charge is -2.12. The van der Waals surface area contributed by atoms with Gasteiger partial charge in [0, 0.05) is 7.05 Å². The van der Waals surface area contributed by atoms with E-state index in [9.17, 15) is 0 Å². The fraction of sp³-hybridized carbons (Fsp3) is 0.455. The van der Waals surface area contributed by atoms with Crippen LogP contribution in [0.15, 0.2) is 18.2 Å². The molecule has 0 unspecified atom stereocenters. The molecule has 0 saturated heterocycles. The van der Waals surface area contributed by atoms with Gasteiger partial charge in [0.1, 0.15) is 0 Å². The Morgan fingerprint density at radius 3 is 2.85 bits per heavy atom. The van der Waals surface area contributed by atoms with E-state index in [1.165, 1.54) is 16.9 Å². The average Bonchev–Trinajstić information content (AvgIpc) is 2.47. The molecule has 1 aromatic rings. The van der Waals surface area contributed by atoms with Gasteiger partial charge in [0.15, 0.2) is 0 Å². The molecule has 0 aliphatic carbocycles. The van der Waals surface area contributed by atoms with Gasteiger partial charge in [-0.15, -0.1) is 0 Å². The summed E-state index contributed by atoms with van der Waals surface area (Å²) in [4.78, 5) is 2.24. The Morgan fingerprint density at radius 1 is 1.38 bits per heavy atom. The lowest BCUT2D eigenvalue weighted by Crippen LogP contribution is -2.15. The molecule has 0 saturated carbocycles. The Morgan fingerprint density at radius 2 is 2.15 bits per heavy atom. The van der Waals surface area contributed by atoms with E-state index < -0.39 is 0 Å². The minimum absolute atomic E-state index is 0.610. The molecule has 0 amide bonds. The molecule has 0 aromatic heterocycles. The van der Waals surface area contributed by atoms with Crippen LogP contribution in [0.3, 0.4) is 0 Å². The summed E-state index contributed by atoms with van der Waals surface area (Å²) in [6.45, 7) is 5.38. The van der Waals surface area contributed by atoms with Crippen molar-refractivity contribution in [3.8, 4) is 0 Å². The van der Waals surface area contributed by atoms with Crippen molar-refractivity contribution in [2.45, 2.75) is 19.8 Å². The monoisotopic (exact) mass is 176 g/mol. The molecule has 13 heavy (non-hydrogen) atoms. The van der Waals surface area contributed by atoms with Crippen LogP contribution in [0, 0.1) is 0 Å². The fourth-order valence-corrected chi connectivity index (χ4v) is 1.66. The second kappa shape index (κ2) is 2.95. The fourth-order valence-electron chi connectivity index (χ4n) is 1.66. The highest BCUT2D eigenvalue weighted by Crippen LogP contribution is 2.32. The maximum absolute atomic E-state index is 3.34. The van der Waals surface area contributed by atoms with Crippen LogP contribution < -0.4 is 10.2 Å². The van der Waals surface area contributed by atoms with Crippen molar-refractivity contribution in [1.82, 2.24) is 0 Å². The standard InChI is InChI=1S/C11H16N2/c1-8(2)9-4-5-10-11(6-9)13(3)7-12-10/h4-6,8,12H,7H2,1-3H3. The second-order valence-electron chi connectivity index (χ2n) is 3.96. The Hall–Kier alpha value is -1.18. The summed E-state index contributed by atoms with van der Waals surface area (Å²) in [5, 5.41) is 3.34. The van der Waals surface area contributed by atoms with E-state index in [1.54, 1.807) is 0 Å². The maximum atomic E-state index is 3.34. The maximum Gasteiger partial charge on any atom is 0.0874 e. The first-order chi connectivity index (χ1) is 6.18. The highest BCUT2D eigenvalue weighted by atomic mass is 15.3. The quantitative estimate of drug-likeness (QED) is 0.707. The van der Waals surface area contributed by atoms with Crippen molar-refractivity contribution in [1.29, 1.82) is 0 Å². The Labute approximate surface area is 79.6 Å². The SMILES string of the molecule is CC(C)c1ccc2c(c1)N(C)CN2.